The predicted molar refractivity (Wildman–Crippen MR) is 96.6 cm³/mol. The van der Waals surface area contributed by atoms with Gasteiger partial charge in [-0.05, 0) is 90.9 Å². The number of aromatic hydroxyl groups is 1. The van der Waals surface area contributed by atoms with Crippen LogP contribution in [0, 0.1) is 23.2 Å². The van der Waals surface area contributed by atoms with Crippen LogP contribution in [0.3, 0.4) is 0 Å². The summed E-state index contributed by atoms with van der Waals surface area (Å²) in [6.07, 6.45) is 6.65. The van der Waals surface area contributed by atoms with Gasteiger partial charge in [0.25, 0.3) is 0 Å². The third kappa shape index (κ3) is 2.33. The monoisotopic (exact) mass is 392 g/mol. The Bertz CT molecular complexity index is 673. The Labute approximate surface area is 151 Å². The van der Waals surface area contributed by atoms with E-state index in [9.17, 15) is 15.0 Å². The molecule has 1 aromatic rings. The van der Waals surface area contributed by atoms with Crippen LogP contribution in [0.25, 0.3) is 0 Å². The van der Waals surface area contributed by atoms with Crippen LogP contribution in [0.15, 0.2) is 18.2 Å². The summed E-state index contributed by atoms with van der Waals surface area (Å²) in [6.45, 7) is 2.34. The van der Waals surface area contributed by atoms with Crippen molar-refractivity contribution in [2.75, 3.05) is 0 Å². The summed E-state index contributed by atoms with van der Waals surface area (Å²) >= 11 is 3.46. The molecule has 2 saturated carbocycles. The van der Waals surface area contributed by atoms with Gasteiger partial charge in [0.1, 0.15) is 10.6 Å². The molecule has 6 atom stereocenters. The first-order valence-electron chi connectivity index (χ1n) is 9.10. The normalized spacial score (nSPS) is 38.8. The third-order valence-corrected chi connectivity index (χ3v) is 8.40. The number of phenols is 1. The predicted octanol–water partition coefficient (Wildman–Crippen LogP) is 4.71. The Morgan fingerprint density at radius 1 is 1.29 bits per heavy atom. The summed E-state index contributed by atoms with van der Waals surface area (Å²) in [7, 11) is 0. The minimum atomic E-state index is -0.714. The lowest BCUT2D eigenvalue weighted by molar-refractivity contribution is -0.138. The van der Waals surface area contributed by atoms with E-state index >= 15 is 0 Å². The molecule has 1 aromatic carbocycles. The summed E-state index contributed by atoms with van der Waals surface area (Å²) in [5, 5.41) is 19.2. The van der Waals surface area contributed by atoms with E-state index in [1.54, 1.807) is 0 Å². The van der Waals surface area contributed by atoms with Gasteiger partial charge in [0.15, 0.2) is 0 Å². The minimum absolute atomic E-state index is 0.141. The van der Waals surface area contributed by atoms with Crippen molar-refractivity contribution in [3.05, 3.63) is 29.3 Å². The molecule has 3 nitrogen and oxygen atoms in total. The first kappa shape index (κ1) is 16.4. The van der Waals surface area contributed by atoms with E-state index in [4.69, 9.17) is 0 Å². The Hall–Kier alpha value is -1.03. The number of fused-ring (bicyclic) bond motifs is 5. The van der Waals surface area contributed by atoms with Crippen LogP contribution in [0.5, 0.6) is 5.75 Å². The van der Waals surface area contributed by atoms with Crippen molar-refractivity contribution in [2.24, 2.45) is 23.2 Å². The molecule has 4 heteroatoms. The zero-order valence-electron chi connectivity index (χ0n) is 14.0. The van der Waals surface area contributed by atoms with E-state index in [0.717, 1.165) is 32.1 Å². The number of alkyl halides is 1. The van der Waals surface area contributed by atoms with Crippen LogP contribution < -0.4 is 0 Å². The molecule has 0 aliphatic heterocycles. The molecular formula is C20H25BrO3. The van der Waals surface area contributed by atoms with Crippen molar-refractivity contribution >= 4 is 21.9 Å². The van der Waals surface area contributed by atoms with Gasteiger partial charge in [-0.3, -0.25) is 4.79 Å². The molecule has 24 heavy (non-hydrogen) atoms. The number of carboxylic acid groups (broad SMARTS) is 1. The van der Waals surface area contributed by atoms with Crippen molar-refractivity contribution in [2.45, 2.75) is 56.2 Å². The van der Waals surface area contributed by atoms with Crippen molar-refractivity contribution in [3.8, 4) is 5.75 Å². The molecule has 0 heterocycles. The summed E-state index contributed by atoms with van der Waals surface area (Å²) in [5.74, 6) is 1.78. The maximum atomic E-state index is 11.5. The zero-order valence-corrected chi connectivity index (χ0v) is 15.6. The lowest BCUT2D eigenvalue weighted by Gasteiger charge is -2.51. The summed E-state index contributed by atoms with van der Waals surface area (Å²) < 4.78 is 0. The lowest BCUT2D eigenvalue weighted by atomic mass is 9.54. The number of phenolic OH excluding ortho intramolecular Hbond substituents is 1. The maximum Gasteiger partial charge on any atom is 0.317 e. The summed E-state index contributed by atoms with van der Waals surface area (Å²) in [6, 6.07) is 5.89. The molecule has 2 fully saturated rings. The van der Waals surface area contributed by atoms with Gasteiger partial charge < -0.3 is 10.2 Å². The molecule has 0 aromatic heterocycles. The van der Waals surface area contributed by atoms with E-state index in [1.807, 2.05) is 12.1 Å². The molecule has 0 radical (unpaired) electrons. The van der Waals surface area contributed by atoms with Crippen molar-refractivity contribution < 1.29 is 15.0 Å². The van der Waals surface area contributed by atoms with Crippen molar-refractivity contribution in [1.29, 1.82) is 0 Å². The van der Waals surface area contributed by atoms with Crippen LogP contribution in [-0.4, -0.2) is 21.0 Å². The fourth-order valence-electron chi connectivity index (χ4n) is 6.26. The Morgan fingerprint density at radius 3 is 2.83 bits per heavy atom. The van der Waals surface area contributed by atoms with E-state index in [1.165, 1.54) is 17.5 Å². The molecule has 0 saturated heterocycles. The Morgan fingerprint density at radius 2 is 2.08 bits per heavy atom. The number of halogens is 1. The van der Waals surface area contributed by atoms with Crippen LogP contribution in [-0.2, 0) is 11.2 Å². The highest BCUT2D eigenvalue weighted by molar-refractivity contribution is 9.10. The fourth-order valence-corrected chi connectivity index (χ4v) is 7.13. The molecule has 4 rings (SSSR count). The number of rotatable bonds is 2. The highest BCUT2D eigenvalue weighted by Crippen LogP contribution is 2.64. The van der Waals surface area contributed by atoms with E-state index in [-0.39, 0.29) is 11.3 Å². The van der Waals surface area contributed by atoms with Crippen LogP contribution >= 0.6 is 15.9 Å². The molecule has 3 aliphatic rings. The van der Waals surface area contributed by atoms with Crippen LogP contribution in [0.2, 0.25) is 0 Å². The molecule has 0 bridgehead atoms. The smallest absolute Gasteiger partial charge is 0.317 e. The molecule has 130 valence electrons. The van der Waals surface area contributed by atoms with E-state index < -0.39 is 10.8 Å². The van der Waals surface area contributed by atoms with Gasteiger partial charge in [0.2, 0.25) is 0 Å². The average Bonchev–Trinajstić information content (AvgIpc) is 2.90. The highest BCUT2D eigenvalue weighted by atomic mass is 79.9. The first-order chi connectivity index (χ1) is 11.4. The Kier molecular flexibility index (Phi) is 3.94. The fraction of sp³-hybridized carbons (Fsp3) is 0.650. The van der Waals surface area contributed by atoms with E-state index in [0.29, 0.717) is 23.5 Å². The van der Waals surface area contributed by atoms with Crippen molar-refractivity contribution in [1.82, 2.24) is 0 Å². The van der Waals surface area contributed by atoms with Crippen LogP contribution in [0.1, 0.15) is 56.1 Å². The van der Waals surface area contributed by atoms with Crippen molar-refractivity contribution in [3.63, 3.8) is 0 Å². The first-order valence-corrected chi connectivity index (χ1v) is 10.0. The van der Waals surface area contributed by atoms with Gasteiger partial charge in [-0.25, -0.2) is 0 Å². The Balaban J connectivity index is 1.64. The third-order valence-electron chi connectivity index (χ3n) is 7.37. The molecule has 3 aliphatic carbocycles. The summed E-state index contributed by atoms with van der Waals surface area (Å²) in [4.78, 5) is 11.1. The molecule has 0 spiro atoms. The maximum absolute atomic E-state index is 11.5. The largest absolute Gasteiger partial charge is 0.508 e. The number of aliphatic carboxylic acids is 1. The quantitative estimate of drug-likeness (QED) is 0.716. The van der Waals surface area contributed by atoms with Crippen LogP contribution in [0.4, 0.5) is 0 Å². The minimum Gasteiger partial charge on any atom is -0.508 e. The number of hydrogen-bond acceptors (Lipinski definition) is 2. The van der Waals surface area contributed by atoms with Gasteiger partial charge in [-0.2, -0.15) is 0 Å². The number of carboxylic acids is 1. The van der Waals surface area contributed by atoms with Gasteiger partial charge in [-0.1, -0.05) is 28.9 Å². The number of benzene rings is 1. The molecule has 2 N–H and O–H groups in total. The lowest BCUT2D eigenvalue weighted by Crippen LogP contribution is -2.45. The standard InChI is InChI=1S/C20H25BrO3/c1-20-9-8-14-13-5-3-12(22)10-11(13)2-4-15(14)16(20)6-7-17(20)18(21)19(23)24/h3,5,10,14-18,22H,2,4,6-9H2,1H3,(H,23,24)/t14-,15-,16+,17?,18?,20+/m1/s1. The zero-order chi connectivity index (χ0) is 17.1. The number of hydrogen-bond donors (Lipinski definition) is 2. The second-order valence-corrected chi connectivity index (χ2v) is 9.25. The van der Waals surface area contributed by atoms with E-state index in [2.05, 4.69) is 28.9 Å². The van der Waals surface area contributed by atoms with Gasteiger partial charge in [-0.15, -0.1) is 0 Å². The second-order valence-electron chi connectivity index (χ2n) is 8.27. The molecule has 0 amide bonds. The summed E-state index contributed by atoms with van der Waals surface area (Å²) in [5.41, 5.74) is 2.89. The molecular weight excluding hydrogens is 368 g/mol. The van der Waals surface area contributed by atoms with Gasteiger partial charge >= 0.3 is 5.97 Å². The SMILES string of the molecule is C[C@]12CC[C@@H]3c4ccc(O)cc4CC[C@H]3[C@@H]1CCC2C(Br)C(=O)O. The number of aryl methyl sites for hydroxylation is 1. The highest BCUT2D eigenvalue weighted by Gasteiger charge is 2.56. The van der Waals surface area contributed by atoms with Gasteiger partial charge in [0.05, 0.1) is 0 Å². The molecule has 2 unspecified atom stereocenters. The topological polar surface area (TPSA) is 57.5 Å². The number of carbonyl (C=O) groups is 1. The second kappa shape index (κ2) is 5.76. The van der Waals surface area contributed by atoms with Gasteiger partial charge in [0, 0.05) is 0 Å². The average molecular weight is 393 g/mol.